The summed E-state index contributed by atoms with van der Waals surface area (Å²) in [6.45, 7) is 2.03. The van der Waals surface area contributed by atoms with Gasteiger partial charge in [-0.1, -0.05) is 45.8 Å². The van der Waals surface area contributed by atoms with Crippen LogP contribution in [-0.4, -0.2) is 6.29 Å². The van der Waals surface area contributed by atoms with E-state index in [1.165, 1.54) is 11.6 Å². The van der Waals surface area contributed by atoms with Crippen molar-refractivity contribution in [1.29, 1.82) is 0 Å². The van der Waals surface area contributed by atoms with Gasteiger partial charge < -0.3 is 0 Å². The van der Waals surface area contributed by atoms with Crippen molar-refractivity contribution < 1.29 is 4.79 Å². The zero-order valence-corrected chi connectivity index (χ0v) is 8.34. The zero-order valence-electron chi connectivity index (χ0n) is 6.75. The fourth-order valence-electron chi connectivity index (χ4n) is 0.869. The molecule has 0 atom stereocenters. The van der Waals surface area contributed by atoms with Gasteiger partial charge in [-0.3, -0.25) is 4.79 Å². The van der Waals surface area contributed by atoms with Crippen LogP contribution in [0.1, 0.15) is 11.1 Å². The maximum atomic E-state index is 10.1. The normalized spacial score (nSPS) is 11.3. The van der Waals surface area contributed by atoms with E-state index in [1.54, 1.807) is 0 Å². The summed E-state index contributed by atoms with van der Waals surface area (Å²) in [6, 6.07) is 7.96. The molecule has 0 heterocycles. The maximum Gasteiger partial charge on any atom is 0.143 e. The van der Waals surface area contributed by atoms with Crippen molar-refractivity contribution >= 4 is 26.7 Å². The average Bonchev–Trinajstić information content (AvgIpc) is 2.06. The summed E-state index contributed by atoms with van der Waals surface area (Å²) in [7, 11) is 0. The molecule has 0 saturated carbocycles. The average molecular weight is 225 g/mol. The fraction of sp³-hybridized carbons (Fsp3) is 0.100. The van der Waals surface area contributed by atoms with Crippen LogP contribution in [-0.2, 0) is 4.79 Å². The molecule has 2 heteroatoms. The number of halogens is 1. The first-order valence-electron chi connectivity index (χ1n) is 3.62. The largest absolute Gasteiger partial charge is 0.299 e. The third-order valence-corrected chi connectivity index (χ3v) is 2.26. The molecule has 1 rings (SSSR count). The molecule has 0 radical (unpaired) electrons. The molecule has 0 aliphatic carbocycles. The van der Waals surface area contributed by atoms with Crippen LogP contribution < -0.4 is 0 Å². The number of hydrogen-bond donors (Lipinski definition) is 0. The first-order valence-corrected chi connectivity index (χ1v) is 4.41. The Bertz CT molecular complexity index is 298. The van der Waals surface area contributed by atoms with E-state index in [-0.39, 0.29) is 0 Å². The lowest BCUT2D eigenvalue weighted by molar-refractivity contribution is -0.104. The molecule has 62 valence electrons. The monoisotopic (exact) mass is 224 g/mol. The Morgan fingerprint density at radius 1 is 1.33 bits per heavy atom. The second-order valence-corrected chi connectivity index (χ2v) is 3.37. The lowest BCUT2D eigenvalue weighted by Gasteiger charge is -1.97. The van der Waals surface area contributed by atoms with E-state index < -0.39 is 0 Å². The van der Waals surface area contributed by atoms with E-state index in [0.717, 1.165) is 16.3 Å². The molecule has 0 spiro atoms. The summed E-state index contributed by atoms with van der Waals surface area (Å²) < 4.78 is 0.817. The Morgan fingerprint density at radius 2 is 1.92 bits per heavy atom. The lowest BCUT2D eigenvalue weighted by Crippen LogP contribution is -1.77. The Balaban J connectivity index is 2.97. The summed E-state index contributed by atoms with van der Waals surface area (Å²) in [5, 5.41) is 0. The lowest BCUT2D eigenvalue weighted by atomic mass is 10.1. The smallest absolute Gasteiger partial charge is 0.143 e. The summed E-state index contributed by atoms with van der Waals surface area (Å²) in [6.07, 6.45) is 2.26. The van der Waals surface area contributed by atoms with Crippen molar-refractivity contribution in [3.05, 3.63) is 41.5 Å². The molecule has 0 N–H and O–H groups in total. The van der Waals surface area contributed by atoms with Crippen molar-refractivity contribution in [3.8, 4) is 0 Å². The highest BCUT2D eigenvalue weighted by atomic mass is 79.9. The van der Waals surface area contributed by atoms with Crippen molar-refractivity contribution in [2.75, 3.05) is 0 Å². The van der Waals surface area contributed by atoms with Gasteiger partial charge in [-0.05, 0) is 18.6 Å². The first-order chi connectivity index (χ1) is 5.74. The minimum atomic E-state index is 0.768. The molecular formula is C10H9BrO. The number of aldehydes is 1. The third kappa shape index (κ3) is 2.31. The minimum Gasteiger partial charge on any atom is -0.299 e. The molecule has 0 unspecified atom stereocenters. The fourth-order valence-corrected chi connectivity index (χ4v) is 1.24. The number of hydrogen-bond acceptors (Lipinski definition) is 1. The third-order valence-electron chi connectivity index (χ3n) is 1.54. The van der Waals surface area contributed by atoms with Crippen molar-refractivity contribution in [2.24, 2.45) is 0 Å². The van der Waals surface area contributed by atoms with Crippen LogP contribution in [0.3, 0.4) is 0 Å². The van der Waals surface area contributed by atoms with Gasteiger partial charge >= 0.3 is 0 Å². The van der Waals surface area contributed by atoms with Gasteiger partial charge in [0, 0.05) is 4.48 Å². The van der Waals surface area contributed by atoms with Crippen molar-refractivity contribution in [3.63, 3.8) is 0 Å². The topological polar surface area (TPSA) is 17.1 Å². The van der Waals surface area contributed by atoms with E-state index in [1.807, 2.05) is 31.2 Å². The number of rotatable bonds is 2. The summed E-state index contributed by atoms with van der Waals surface area (Å²) in [5.74, 6) is 0. The van der Waals surface area contributed by atoms with Gasteiger partial charge in [0.2, 0.25) is 0 Å². The van der Waals surface area contributed by atoms with Gasteiger partial charge in [0.25, 0.3) is 0 Å². The van der Waals surface area contributed by atoms with Crippen molar-refractivity contribution in [1.82, 2.24) is 0 Å². The van der Waals surface area contributed by atoms with E-state index in [4.69, 9.17) is 0 Å². The molecule has 0 amide bonds. The van der Waals surface area contributed by atoms with Gasteiger partial charge in [0.15, 0.2) is 0 Å². The number of carbonyl (C=O) groups excluding carboxylic acids is 1. The minimum absolute atomic E-state index is 0.768. The van der Waals surface area contributed by atoms with Crippen LogP contribution in [0.15, 0.2) is 30.3 Å². The van der Waals surface area contributed by atoms with E-state index in [0.29, 0.717) is 0 Å². The van der Waals surface area contributed by atoms with E-state index in [9.17, 15) is 4.79 Å². The predicted molar refractivity (Wildman–Crippen MR) is 54.1 cm³/mol. The summed E-state index contributed by atoms with van der Waals surface area (Å²) in [5.41, 5.74) is 2.23. The molecule has 0 fully saturated rings. The standard InChI is InChI=1S/C10H9BrO/c1-8-2-4-9(5-3-8)10(11)6-7-12/h2-7H,1H3. The quantitative estimate of drug-likeness (QED) is 0.558. The maximum absolute atomic E-state index is 10.1. The SMILES string of the molecule is Cc1ccc(C(Br)=CC=O)cc1. The van der Waals surface area contributed by atoms with Crippen LogP contribution in [0.4, 0.5) is 0 Å². The molecule has 0 aromatic heterocycles. The van der Waals surface area contributed by atoms with Crippen LogP contribution in [0.5, 0.6) is 0 Å². The van der Waals surface area contributed by atoms with Gasteiger partial charge in [-0.2, -0.15) is 0 Å². The van der Waals surface area contributed by atoms with Gasteiger partial charge in [0.1, 0.15) is 6.29 Å². The second kappa shape index (κ2) is 4.21. The molecule has 1 aromatic rings. The van der Waals surface area contributed by atoms with Crippen LogP contribution >= 0.6 is 15.9 Å². The number of allylic oxidation sites excluding steroid dienone is 1. The summed E-state index contributed by atoms with van der Waals surface area (Å²) in [4.78, 5) is 10.1. The first kappa shape index (κ1) is 9.20. The van der Waals surface area contributed by atoms with Crippen LogP contribution in [0, 0.1) is 6.92 Å². The predicted octanol–water partition coefficient (Wildman–Crippen LogP) is 2.93. The Morgan fingerprint density at radius 3 is 2.42 bits per heavy atom. The molecule has 1 nitrogen and oxygen atoms in total. The highest BCUT2D eigenvalue weighted by Gasteiger charge is 1.94. The highest BCUT2D eigenvalue weighted by Crippen LogP contribution is 2.20. The molecule has 1 aromatic carbocycles. The molecule has 12 heavy (non-hydrogen) atoms. The van der Waals surface area contributed by atoms with E-state index in [2.05, 4.69) is 15.9 Å². The van der Waals surface area contributed by atoms with Crippen LogP contribution in [0.2, 0.25) is 0 Å². The van der Waals surface area contributed by atoms with Gasteiger partial charge in [-0.15, -0.1) is 0 Å². The van der Waals surface area contributed by atoms with Gasteiger partial charge in [0.05, 0.1) is 0 Å². The number of benzene rings is 1. The molecule has 0 aliphatic rings. The number of aryl methyl sites for hydroxylation is 1. The van der Waals surface area contributed by atoms with Crippen molar-refractivity contribution in [2.45, 2.75) is 6.92 Å². The second-order valence-electron chi connectivity index (χ2n) is 2.52. The Kier molecular flexibility index (Phi) is 3.23. The van der Waals surface area contributed by atoms with Crippen LogP contribution in [0.25, 0.3) is 4.48 Å². The molecule has 0 saturated heterocycles. The molecule has 0 bridgehead atoms. The molecular weight excluding hydrogens is 216 g/mol. The molecule has 0 aliphatic heterocycles. The Hall–Kier alpha value is -0.890. The zero-order chi connectivity index (χ0) is 8.97. The Labute approximate surface area is 80.2 Å². The summed E-state index contributed by atoms with van der Waals surface area (Å²) >= 11 is 3.30. The van der Waals surface area contributed by atoms with Gasteiger partial charge in [-0.25, -0.2) is 0 Å². The highest BCUT2D eigenvalue weighted by molar-refractivity contribution is 9.15. The van der Waals surface area contributed by atoms with E-state index >= 15 is 0 Å². The number of carbonyl (C=O) groups is 1.